The van der Waals surface area contributed by atoms with Crippen LogP contribution in [0.1, 0.15) is 5.69 Å². The minimum Gasteiger partial charge on any atom is -0.497 e. The summed E-state index contributed by atoms with van der Waals surface area (Å²) in [5, 5.41) is 12.4. The summed E-state index contributed by atoms with van der Waals surface area (Å²) in [5.41, 5.74) is 1.01. The highest BCUT2D eigenvalue weighted by Crippen LogP contribution is 2.33. The molecule has 19 heavy (non-hydrogen) atoms. The Kier molecular flexibility index (Phi) is 3.70. The summed E-state index contributed by atoms with van der Waals surface area (Å²) in [5.74, 6) is 0.718. The summed E-state index contributed by atoms with van der Waals surface area (Å²) in [6, 6.07) is 6.82. The standard InChI is InChI=1S/C13H13NO5/c1-17-9-3-4-11(18-2)10(7-9)12-5-8(14-19-12)6-13(15)16/h3-5,7H,6H2,1-2H3,(H,15,16). The molecule has 0 unspecified atom stereocenters. The molecule has 1 aromatic carbocycles. The molecule has 0 fully saturated rings. The van der Waals surface area contributed by atoms with E-state index < -0.39 is 5.97 Å². The smallest absolute Gasteiger partial charge is 0.309 e. The van der Waals surface area contributed by atoms with Crippen molar-refractivity contribution >= 4 is 5.97 Å². The second kappa shape index (κ2) is 5.43. The van der Waals surface area contributed by atoms with Crippen molar-refractivity contribution in [1.29, 1.82) is 0 Å². The lowest BCUT2D eigenvalue weighted by molar-refractivity contribution is -0.136. The average Bonchev–Trinajstić information content (AvgIpc) is 2.85. The van der Waals surface area contributed by atoms with Gasteiger partial charge in [-0.3, -0.25) is 4.79 Å². The minimum absolute atomic E-state index is 0.185. The van der Waals surface area contributed by atoms with Gasteiger partial charge in [0, 0.05) is 6.07 Å². The predicted octanol–water partition coefficient (Wildman–Crippen LogP) is 1.99. The van der Waals surface area contributed by atoms with Crippen LogP contribution in [-0.4, -0.2) is 30.5 Å². The van der Waals surface area contributed by atoms with Crippen LogP contribution in [0.4, 0.5) is 0 Å². The van der Waals surface area contributed by atoms with Gasteiger partial charge in [-0.1, -0.05) is 5.16 Å². The Hall–Kier alpha value is -2.50. The molecule has 0 amide bonds. The average molecular weight is 263 g/mol. The second-order valence-corrected chi connectivity index (χ2v) is 3.82. The molecule has 1 N–H and O–H groups in total. The number of benzene rings is 1. The van der Waals surface area contributed by atoms with E-state index in [1.807, 2.05) is 0 Å². The van der Waals surface area contributed by atoms with Gasteiger partial charge in [0.25, 0.3) is 0 Å². The van der Waals surface area contributed by atoms with E-state index in [0.29, 0.717) is 28.5 Å². The van der Waals surface area contributed by atoms with Crippen LogP contribution in [0.2, 0.25) is 0 Å². The number of rotatable bonds is 5. The van der Waals surface area contributed by atoms with Crippen LogP contribution in [0.5, 0.6) is 11.5 Å². The number of ether oxygens (including phenoxy) is 2. The molecular formula is C13H13NO5. The maximum atomic E-state index is 10.6. The molecule has 0 saturated carbocycles. The number of carboxylic acid groups (broad SMARTS) is 1. The van der Waals surface area contributed by atoms with Crippen LogP contribution in [0.25, 0.3) is 11.3 Å². The zero-order valence-electron chi connectivity index (χ0n) is 10.5. The molecule has 0 bridgehead atoms. The lowest BCUT2D eigenvalue weighted by Gasteiger charge is -2.07. The van der Waals surface area contributed by atoms with Gasteiger partial charge >= 0.3 is 5.97 Å². The van der Waals surface area contributed by atoms with Crippen molar-refractivity contribution in [1.82, 2.24) is 5.16 Å². The highest BCUT2D eigenvalue weighted by molar-refractivity contribution is 5.72. The second-order valence-electron chi connectivity index (χ2n) is 3.82. The van der Waals surface area contributed by atoms with Crippen molar-refractivity contribution < 1.29 is 23.9 Å². The van der Waals surface area contributed by atoms with Gasteiger partial charge in [-0.2, -0.15) is 0 Å². The van der Waals surface area contributed by atoms with Crippen LogP contribution < -0.4 is 9.47 Å². The molecule has 6 nitrogen and oxygen atoms in total. The quantitative estimate of drug-likeness (QED) is 0.888. The van der Waals surface area contributed by atoms with E-state index in [-0.39, 0.29) is 6.42 Å². The maximum Gasteiger partial charge on any atom is 0.309 e. The topological polar surface area (TPSA) is 81.8 Å². The van der Waals surface area contributed by atoms with E-state index in [2.05, 4.69) is 5.16 Å². The number of carbonyl (C=O) groups is 1. The maximum absolute atomic E-state index is 10.6. The zero-order chi connectivity index (χ0) is 13.8. The van der Waals surface area contributed by atoms with Crippen LogP contribution in [0, 0.1) is 0 Å². The van der Waals surface area contributed by atoms with Gasteiger partial charge in [0.2, 0.25) is 0 Å². The lowest BCUT2D eigenvalue weighted by atomic mass is 10.1. The van der Waals surface area contributed by atoms with Crippen LogP contribution in [0.3, 0.4) is 0 Å². The van der Waals surface area contributed by atoms with E-state index in [1.165, 1.54) is 0 Å². The first-order valence-electron chi connectivity index (χ1n) is 5.54. The third kappa shape index (κ3) is 2.85. The van der Waals surface area contributed by atoms with Crippen molar-refractivity contribution in [2.24, 2.45) is 0 Å². The minimum atomic E-state index is -0.961. The molecule has 6 heteroatoms. The molecule has 1 heterocycles. The third-order valence-corrected chi connectivity index (χ3v) is 2.56. The number of aromatic nitrogens is 1. The van der Waals surface area contributed by atoms with Crippen molar-refractivity contribution in [3.63, 3.8) is 0 Å². The van der Waals surface area contributed by atoms with Gasteiger partial charge in [-0.15, -0.1) is 0 Å². The number of nitrogens with zero attached hydrogens (tertiary/aromatic N) is 1. The zero-order valence-corrected chi connectivity index (χ0v) is 10.5. The summed E-state index contributed by atoms with van der Waals surface area (Å²) in [4.78, 5) is 10.6. The Morgan fingerprint density at radius 3 is 2.74 bits per heavy atom. The summed E-state index contributed by atoms with van der Waals surface area (Å²) >= 11 is 0. The first kappa shape index (κ1) is 12.9. The van der Waals surface area contributed by atoms with Gasteiger partial charge in [0.05, 0.1) is 31.9 Å². The number of carboxylic acids is 1. The summed E-state index contributed by atoms with van der Waals surface area (Å²) in [6.07, 6.45) is -0.185. The molecule has 0 aliphatic heterocycles. The summed E-state index contributed by atoms with van der Waals surface area (Å²) in [6.45, 7) is 0. The van der Waals surface area contributed by atoms with E-state index in [9.17, 15) is 4.79 Å². The lowest BCUT2D eigenvalue weighted by Crippen LogP contribution is -1.99. The Morgan fingerprint density at radius 2 is 2.11 bits per heavy atom. The molecule has 2 rings (SSSR count). The normalized spacial score (nSPS) is 10.2. The van der Waals surface area contributed by atoms with Crippen LogP contribution >= 0.6 is 0 Å². The molecule has 0 aliphatic carbocycles. The fraction of sp³-hybridized carbons (Fsp3) is 0.231. The Labute approximate surface area is 109 Å². The molecule has 0 aliphatic rings. The number of aliphatic carboxylic acids is 1. The highest BCUT2D eigenvalue weighted by atomic mass is 16.5. The molecule has 0 radical (unpaired) electrons. The molecule has 0 atom stereocenters. The summed E-state index contributed by atoms with van der Waals surface area (Å²) < 4.78 is 15.5. The van der Waals surface area contributed by atoms with Crippen molar-refractivity contribution in [3.8, 4) is 22.8 Å². The first-order valence-corrected chi connectivity index (χ1v) is 5.54. The van der Waals surface area contributed by atoms with Gasteiger partial charge in [-0.25, -0.2) is 0 Å². The molecule has 0 spiro atoms. The van der Waals surface area contributed by atoms with E-state index in [1.54, 1.807) is 38.5 Å². The number of hydrogen-bond acceptors (Lipinski definition) is 5. The van der Waals surface area contributed by atoms with Gasteiger partial charge in [0.15, 0.2) is 5.76 Å². The SMILES string of the molecule is COc1ccc(OC)c(-c2cc(CC(=O)O)no2)c1. The third-order valence-electron chi connectivity index (χ3n) is 2.56. The molecule has 2 aromatic rings. The van der Waals surface area contributed by atoms with Crippen LogP contribution in [0.15, 0.2) is 28.8 Å². The largest absolute Gasteiger partial charge is 0.497 e. The van der Waals surface area contributed by atoms with Crippen molar-refractivity contribution in [3.05, 3.63) is 30.0 Å². The first-order chi connectivity index (χ1) is 9.13. The Morgan fingerprint density at radius 1 is 1.32 bits per heavy atom. The molecule has 100 valence electrons. The predicted molar refractivity (Wildman–Crippen MR) is 66.4 cm³/mol. The van der Waals surface area contributed by atoms with Gasteiger partial charge in [-0.05, 0) is 18.2 Å². The highest BCUT2D eigenvalue weighted by Gasteiger charge is 2.14. The van der Waals surface area contributed by atoms with Gasteiger partial charge < -0.3 is 19.1 Å². The molecule has 1 aromatic heterocycles. The van der Waals surface area contributed by atoms with E-state index in [4.69, 9.17) is 19.1 Å². The monoisotopic (exact) mass is 263 g/mol. The molecular weight excluding hydrogens is 250 g/mol. The van der Waals surface area contributed by atoms with Crippen LogP contribution in [-0.2, 0) is 11.2 Å². The van der Waals surface area contributed by atoms with E-state index >= 15 is 0 Å². The van der Waals surface area contributed by atoms with Crippen molar-refractivity contribution in [2.75, 3.05) is 14.2 Å². The Balaban J connectivity index is 2.39. The van der Waals surface area contributed by atoms with E-state index in [0.717, 1.165) is 0 Å². The van der Waals surface area contributed by atoms with Gasteiger partial charge in [0.1, 0.15) is 11.5 Å². The van der Waals surface area contributed by atoms with Crippen molar-refractivity contribution in [2.45, 2.75) is 6.42 Å². The Bertz CT molecular complexity index is 590. The molecule has 0 saturated heterocycles. The summed E-state index contributed by atoms with van der Waals surface area (Å²) in [7, 11) is 3.10. The number of methoxy groups -OCH3 is 2. The number of hydrogen-bond donors (Lipinski definition) is 1. The fourth-order valence-electron chi connectivity index (χ4n) is 1.68. The fourth-order valence-corrected chi connectivity index (χ4v) is 1.68.